The Morgan fingerprint density at radius 2 is 1.94 bits per heavy atom. The molecule has 0 aliphatic carbocycles. The molecule has 0 unspecified atom stereocenters. The van der Waals surface area contributed by atoms with Gasteiger partial charge in [0.15, 0.2) is 5.78 Å². The van der Waals surface area contributed by atoms with Crippen LogP contribution in [0.25, 0.3) is 0 Å². The normalized spacial score (nSPS) is 11.3. The van der Waals surface area contributed by atoms with Gasteiger partial charge in [-0.2, -0.15) is 0 Å². The molecule has 0 saturated heterocycles. The van der Waals surface area contributed by atoms with Crippen LogP contribution in [0, 0.1) is 0 Å². The predicted molar refractivity (Wildman–Crippen MR) is 71.1 cm³/mol. The number of allylic oxidation sites excluding steroid dienone is 2. The maximum atomic E-state index is 11.8. The zero-order chi connectivity index (χ0) is 12.5. The molecule has 0 aliphatic heterocycles. The van der Waals surface area contributed by atoms with Crippen LogP contribution in [0.4, 0.5) is 0 Å². The molecule has 1 aromatic carbocycles. The topological polar surface area (TPSA) is 41.1 Å². The van der Waals surface area contributed by atoms with Gasteiger partial charge in [-0.05, 0) is 13.5 Å². The largest absolute Gasteiger partial charge is 0.387 e. The first kappa shape index (κ1) is 13.5. The molecule has 3 nitrogen and oxygen atoms in total. The standard InChI is InChI=1S/C14H20N2O/c1-3-15-9-10-16-12(2)11-14(17)13-7-5-4-6-8-13/h4-8,11,15-16H,3,9-10H2,1-2H3/b12-11-. The minimum Gasteiger partial charge on any atom is -0.387 e. The lowest BCUT2D eigenvalue weighted by atomic mass is 10.1. The highest BCUT2D eigenvalue weighted by Gasteiger charge is 2.01. The molecule has 0 atom stereocenters. The van der Waals surface area contributed by atoms with Crippen LogP contribution in [0.5, 0.6) is 0 Å². The highest BCUT2D eigenvalue weighted by Crippen LogP contribution is 2.02. The van der Waals surface area contributed by atoms with E-state index in [-0.39, 0.29) is 5.78 Å². The highest BCUT2D eigenvalue weighted by atomic mass is 16.1. The van der Waals surface area contributed by atoms with Gasteiger partial charge in [-0.25, -0.2) is 0 Å². The predicted octanol–water partition coefficient (Wildman–Crippen LogP) is 1.97. The van der Waals surface area contributed by atoms with E-state index < -0.39 is 0 Å². The molecule has 0 spiro atoms. The second-order valence-electron chi connectivity index (χ2n) is 3.84. The van der Waals surface area contributed by atoms with E-state index in [9.17, 15) is 4.79 Å². The molecule has 0 amide bonds. The van der Waals surface area contributed by atoms with Crippen molar-refractivity contribution in [3.8, 4) is 0 Å². The van der Waals surface area contributed by atoms with E-state index in [2.05, 4.69) is 17.6 Å². The summed E-state index contributed by atoms with van der Waals surface area (Å²) in [5.41, 5.74) is 1.62. The van der Waals surface area contributed by atoms with Gasteiger partial charge in [0.1, 0.15) is 0 Å². The molecule has 0 fully saturated rings. The third kappa shape index (κ3) is 5.31. The van der Waals surface area contributed by atoms with Gasteiger partial charge in [0.05, 0.1) is 0 Å². The van der Waals surface area contributed by atoms with Crippen molar-refractivity contribution >= 4 is 5.78 Å². The van der Waals surface area contributed by atoms with Crippen molar-refractivity contribution in [2.75, 3.05) is 19.6 Å². The van der Waals surface area contributed by atoms with Gasteiger partial charge in [0, 0.05) is 30.4 Å². The molecule has 2 N–H and O–H groups in total. The summed E-state index contributed by atoms with van der Waals surface area (Å²) in [4.78, 5) is 11.8. The second-order valence-corrected chi connectivity index (χ2v) is 3.84. The summed E-state index contributed by atoms with van der Waals surface area (Å²) in [6.45, 7) is 6.68. The second kappa shape index (κ2) is 7.63. The number of rotatable bonds is 7. The zero-order valence-electron chi connectivity index (χ0n) is 10.5. The van der Waals surface area contributed by atoms with E-state index in [0.29, 0.717) is 0 Å². The number of likely N-dealkylation sites (N-methyl/N-ethyl adjacent to an activating group) is 1. The molecule has 1 rings (SSSR count). The van der Waals surface area contributed by atoms with E-state index in [4.69, 9.17) is 0 Å². The van der Waals surface area contributed by atoms with Gasteiger partial charge in [0.2, 0.25) is 0 Å². The fourth-order valence-corrected chi connectivity index (χ4v) is 1.46. The number of nitrogens with one attached hydrogen (secondary N) is 2. The number of carbonyl (C=O) groups is 1. The van der Waals surface area contributed by atoms with E-state index in [1.807, 2.05) is 37.3 Å². The van der Waals surface area contributed by atoms with Crippen LogP contribution in [-0.4, -0.2) is 25.4 Å². The van der Waals surface area contributed by atoms with Crippen molar-refractivity contribution in [3.63, 3.8) is 0 Å². The minimum atomic E-state index is 0.0408. The van der Waals surface area contributed by atoms with E-state index in [0.717, 1.165) is 30.9 Å². The SMILES string of the molecule is CCNCCN/C(C)=C\C(=O)c1ccccc1. The Balaban J connectivity index is 2.43. The molecular weight excluding hydrogens is 212 g/mol. The first-order valence-electron chi connectivity index (χ1n) is 5.96. The maximum Gasteiger partial charge on any atom is 0.187 e. The number of hydrogen-bond donors (Lipinski definition) is 2. The Morgan fingerprint density at radius 3 is 2.59 bits per heavy atom. The van der Waals surface area contributed by atoms with Crippen LogP contribution in [0.2, 0.25) is 0 Å². The van der Waals surface area contributed by atoms with Crippen molar-refractivity contribution < 1.29 is 4.79 Å². The molecule has 0 radical (unpaired) electrons. The Morgan fingerprint density at radius 1 is 1.24 bits per heavy atom. The third-order valence-electron chi connectivity index (χ3n) is 2.36. The van der Waals surface area contributed by atoms with E-state index >= 15 is 0 Å². The van der Waals surface area contributed by atoms with Crippen molar-refractivity contribution in [2.45, 2.75) is 13.8 Å². The summed E-state index contributed by atoms with van der Waals surface area (Å²) in [5, 5.41) is 6.41. The molecule has 0 heterocycles. The smallest absolute Gasteiger partial charge is 0.187 e. The lowest BCUT2D eigenvalue weighted by molar-refractivity contribution is 0.104. The molecule has 0 aromatic heterocycles. The van der Waals surface area contributed by atoms with Gasteiger partial charge < -0.3 is 10.6 Å². The van der Waals surface area contributed by atoms with Crippen LogP contribution in [0.1, 0.15) is 24.2 Å². The summed E-state index contributed by atoms with van der Waals surface area (Å²) in [7, 11) is 0. The van der Waals surface area contributed by atoms with Gasteiger partial charge >= 0.3 is 0 Å². The minimum absolute atomic E-state index is 0.0408. The number of benzene rings is 1. The average Bonchev–Trinajstić information content (AvgIpc) is 2.36. The Hall–Kier alpha value is -1.61. The first-order chi connectivity index (χ1) is 8.24. The Kier molecular flexibility index (Phi) is 6.04. The molecule has 3 heteroatoms. The lowest BCUT2D eigenvalue weighted by Gasteiger charge is -2.06. The fourth-order valence-electron chi connectivity index (χ4n) is 1.46. The average molecular weight is 232 g/mol. The molecule has 0 bridgehead atoms. The quantitative estimate of drug-likeness (QED) is 0.429. The van der Waals surface area contributed by atoms with Crippen molar-refractivity contribution in [3.05, 3.63) is 47.7 Å². The number of carbonyl (C=O) groups excluding carboxylic acids is 1. The monoisotopic (exact) mass is 232 g/mol. The van der Waals surface area contributed by atoms with Gasteiger partial charge in [-0.15, -0.1) is 0 Å². The third-order valence-corrected chi connectivity index (χ3v) is 2.36. The lowest BCUT2D eigenvalue weighted by Crippen LogP contribution is -2.26. The molecule has 17 heavy (non-hydrogen) atoms. The van der Waals surface area contributed by atoms with Gasteiger partial charge in [-0.1, -0.05) is 37.3 Å². The Labute approximate surface area is 103 Å². The summed E-state index contributed by atoms with van der Waals surface area (Å²) in [5.74, 6) is 0.0408. The van der Waals surface area contributed by atoms with Crippen molar-refractivity contribution in [1.29, 1.82) is 0 Å². The zero-order valence-corrected chi connectivity index (χ0v) is 10.5. The molecule has 1 aromatic rings. The maximum absolute atomic E-state index is 11.8. The number of ketones is 1. The van der Waals surface area contributed by atoms with Crippen LogP contribution >= 0.6 is 0 Å². The van der Waals surface area contributed by atoms with Crippen molar-refractivity contribution in [2.24, 2.45) is 0 Å². The highest BCUT2D eigenvalue weighted by molar-refractivity contribution is 6.04. The number of hydrogen-bond acceptors (Lipinski definition) is 3. The first-order valence-corrected chi connectivity index (χ1v) is 5.96. The fraction of sp³-hybridized carbons (Fsp3) is 0.357. The molecule has 0 aliphatic rings. The van der Waals surface area contributed by atoms with Crippen LogP contribution in [-0.2, 0) is 0 Å². The van der Waals surface area contributed by atoms with Crippen molar-refractivity contribution in [1.82, 2.24) is 10.6 Å². The van der Waals surface area contributed by atoms with Gasteiger partial charge in [-0.3, -0.25) is 4.79 Å². The Bertz CT molecular complexity index is 371. The van der Waals surface area contributed by atoms with E-state index in [1.165, 1.54) is 0 Å². The molecule has 0 saturated carbocycles. The summed E-state index contributed by atoms with van der Waals surface area (Å²) >= 11 is 0. The van der Waals surface area contributed by atoms with Crippen LogP contribution in [0.15, 0.2) is 42.1 Å². The van der Waals surface area contributed by atoms with Crippen LogP contribution in [0.3, 0.4) is 0 Å². The van der Waals surface area contributed by atoms with Gasteiger partial charge in [0.25, 0.3) is 0 Å². The summed E-state index contributed by atoms with van der Waals surface area (Å²) in [6, 6.07) is 9.29. The molecule has 92 valence electrons. The van der Waals surface area contributed by atoms with Crippen LogP contribution < -0.4 is 10.6 Å². The molecular formula is C14H20N2O. The summed E-state index contributed by atoms with van der Waals surface area (Å²) in [6.07, 6.45) is 1.64. The summed E-state index contributed by atoms with van der Waals surface area (Å²) < 4.78 is 0. The van der Waals surface area contributed by atoms with E-state index in [1.54, 1.807) is 6.08 Å².